The van der Waals surface area contributed by atoms with Gasteiger partial charge in [0.15, 0.2) is 0 Å². The summed E-state index contributed by atoms with van der Waals surface area (Å²) in [5.41, 5.74) is 6.56. The van der Waals surface area contributed by atoms with Crippen molar-refractivity contribution < 1.29 is 4.79 Å². The number of carbonyl (C=O) groups excluding carboxylic acids is 1. The van der Waals surface area contributed by atoms with Gasteiger partial charge in [0.1, 0.15) is 0 Å². The number of halogens is 2. The molecule has 1 aromatic rings. The fraction of sp³-hybridized carbons (Fsp3) is 0.562. The van der Waals surface area contributed by atoms with Crippen molar-refractivity contribution in [3.8, 4) is 0 Å². The molecule has 0 unspecified atom stereocenters. The summed E-state index contributed by atoms with van der Waals surface area (Å²) in [4.78, 5) is 14.4. The molecule has 0 saturated heterocycles. The maximum Gasteiger partial charge on any atom is 0.227 e. The summed E-state index contributed by atoms with van der Waals surface area (Å²) in [5.74, 6) is 0.0942. The first-order valence-electron chi connectivity index (χ1n) is 7.21. The molecule has 0 aliphatic carbocycles. The Morgan fingerprint density at radius 1 is 1.29 bits per heavy atom. The normalized spacial score (nSPS) is 11.5. The number of carbonyl (C=O) groups is 1. The van der Waals surface area contributed by atoms with E-state index >= 15 is 0 Å². The van der Waals surface area contributed by atoms with Crippen LogP contribution in [0.5, 0.6) is 0 Å². The van der Waals surface area contributed by atoms with Gasteiger partial charge in [-0.2, -0.15) is 0 Å². The predicted octanol–water partition coefficient (Wildman–Crippen LogP) is 3.76. The van der Waals surface area contributed by atoms with E-state index in [0.29, 0.717) is 29.6 Å². The van der Waals surface area contributed by atoms with E-state index in [0.717, 1.165) is 18.5 Å². The fourth-order valence-corrected chi connectivity index (χ4v) is 2.40. The zero-order chi connectivity index (χ0) is 16.0. The van der Waals surface area contributed by atoms with Crippen molar-refractivity contribution in [3.05, 3.63) is 33.8 Å². The summed E-state index contributed by atoms with van der Waals surface area (Å²) in [6, 6.07) is 5.31. The molecule has 0 heterocycles. The third-order valence-electron chi connectivity index (χ3n) is 3.36. The number of amides is 1. The Morgan fingerprint density at radius 2 is 1.95 bits per heavy atom. The zero-order valence-corrected chi connectivity index (χ0v) is 14.5. The van der Waals surface area contributed by atoms with Gasteiger partial charge < -0.3 is 10.6 Å². The van der Waals surface area contributed by atoms with Crippen LogP contribution in [0.15, 0.2) is 18.2 Å². The van der Waals surface area contributed by atoms with Crippen LogP contribution in [0.25, 0.3) is 0 Å². The predicted molar refractivity (Wildman–Crippen MR) is 89.9 cm³/mol. The number of nitrogens with two attached hydrogens (primary N) is 1. The van der Waals surface area contributed by atoms with Crippen LogP contribution in [0.3, 0.4) is 0 Å². The molecule has 1 rings (SSSR count). The first-order valence-corrected chi connectivity index (χ1v) is 7.96. The largest absolute Gasteiger partial charge is 0.342 e. The molecule has 0 fully saturated rings. The second-order valence-corrected chi connectivity index (χ2v) is 6.92. The monoisotopic (exact) mass is 330 g/mol. The minimum atomic E-state index is -0.0809. The summed E-state index contributed by atoms with van der Waals surface area (Å²) in [6.07, 6.45) is 1.26. The summed E-state index contributed by atoms with van der Waals surface area (Å²) in [7, 11) is 0. The van der Waals surface area contributed by atoms with Crippen molar-refractivity contribution in [1.82, 2.24) is 4.90 Å². The highest BCUT2D eigenvalue weighted by molar-refractivity contribution is 6.42. The number of nitrogens with zero attached hydrogens (tertiary/aromatic N) is 1. The summed E-state index contributed by atoms with van der Waals surface area (Å²) in [6.45, 7) is 8.16. The van der Waals surface area contributed by atoms with E-state index in [1.807, 2.05) is 11.0 Å². The van der Waals surface area contributed by atoms with E-state index in [-0.39, 0.29) is 11.3 Å². The van der Waals surface area contributed by atoms with Crippen LogP contribution < -0.4 is 5.73 Å². The molecule has 5 heteroatoms. The topological polar surface area (TPSA) is 46.3 Å². The maximum atomic E-state index is 12.5. The lowest BCUT2D eigenvalue weighted by molar-refractivity contribution is -0.131. The lowest BCUT2D eigenvalue weighted by Crippen LogP contribution is -2.43. The minimum absolute atomic E-state index is 0.0809. The molecule has 0 aromatic heterocycles. The molecule has 0 spiro atoms. The standard InChI is InChI=1S/C16H24Cl2N2O/c1-4-7-20(11-16(2,3)10-19)15(21)9-12-5-6-13(17)14(18)8-12/h5-6,8H,4,7,9-11,19H2,1-3H3. The van der Waals surface area contributed by atoms with Gasteiger partial charge in [0.25, 0.3) is 0 Å². The van der Waals surface area contributed by atoms with Crippen LogP contribution >= 0.6 is 23.2 Å². The van der Waals surface area contributed by atoms with Crippen LogP contribution in [0.1, 0.15) is 32.8 Å². The molecule has 0 aliphatic heterocycles. The lowest BCUT2D eigenvalue weighted by atomic mass is 9.92. The second-order valence-electron chi connectivity index (χ2n) is 6.11. The third-order valence-corrected chi connectivity index (χ3v) is 4.10. The molecule has 1 amide bonds. The number of hydrogen-bond donors (Lipinski definition) is 1. The van der Waals surface area contributed by atoms with E-state index in [2.05, 4.69) is 20.8 Å². The molecule has 3 nitrogen and oxygen atoms in total. The molecule has 2 N–H and O–H groups in total. The molecule has 21 heavy (non-hydrogen) atoms. The summed E-state index contributed by atoms with van der Waals surface area (Å²) < 4.78 is 0. The van der Waals surface area contributed by atoms with Crippen LogP contribution in [0, 0.1) is 5.41 Å². The first-order chi connectivity index (χ1) is 9.79. The third kappa shape index (κ3) is 5.85. The lowest BCUT2D eigenvalue weighted by Gasteiger charge is -2.32. The van der Waals surface area contributed by atoms with Gasteiger partial charge in [0, 0.05) is 13.1 Å². The van der Waals surface area contributed by atoms with Crippen molar-refractivity contribution >= 4 is 29.1 Å². The van der Waals surface area contributed by atoms with Gasteiger partial charge in [0.05, 0.1) is 16.5 Å². The second kappa shape index (κ2) is 8.02. The molecule has 118 valence electrons. The van der Waals surface area contributed by atoms with Gasteiger partial charge in [-0.25, -0.2) is 0 Å². The number of rotatable bonds is 7. The molecule has 0 aliphatic rings. The Morgan fingerprint density at radius 3 is 2.48 bits per heavy atom. The van der Waals surface area contributed by atoms with E-state index in [9.17, 15) is 4.79 Å². The molecular weight excluding hydrogens is 307 g/mol. The van der Waals surface area contributed by atoms with Gasteiger partial charge in [-0.15, -0.1) is 0 Å². The molecule has 0 bridgehead atoms. The van der Waals surface area contributed by atoms with Crippen LogP contribution in [-0.4, -0.2) is 30.4 Å². The van der Waals surface area contributed by atoms with Crippen LogP contribution in [-0.2, 0) is 11.2 Å². The quantitative estimate of drug-likeness (QED) is 0.827. The maximum absolute atomic E-state index is 12.5. The van der Waals surface area contributed by atoms with Gasteiger partial charge >= 0.3 is 0 Å². The zero-order valence-electron chi connectivity index (χ0n) is 13.0. The fourth-order valence-electron chi connectivity index (χ4n) is 2.08. The number of benzene rings is 1. The highest BCUT2D eigenvalue weighted by Crippen LogP contribution is 2.23. The van der Waals surface area contributed by atoms with E-state index in [1.165, 1.54) is 0 Å². The van der Waals surface area contributed by atoms with Crippen molar-refractivity contribution in [1.29, 1.82) is 0 Å². The van der Waals surface area contributed by atoms with Gasteiger partial charge in [-0.1, -0.05) is 50.0 Å². The Balaban J connectivity index is 2.78. The van der Waals surface area contributed by atoms with Crippen LogP contribution in [0.4, 0.5) is 0 Å². The highest BCUT2D eigenvalue weighted by Gasteiger charge is 2.23. The first kappa shape index (κ1) is 18.3. The van der Waals surface area contributed by atoms with Crippen LogP contribution in [0.2, 0.25) is 10.0 Å². The molecular formula is C16H24Cl2N2O. The van der Waals surface area contributed by atoms with E-state index < -0.39 is 0 Å². The SMILES string of the molecule is CCCN(CC(C)(C)CN)C(=O)Cc1ccc(Cl)c(Cl)c1. The van der Waals surface area contributed by atoms with E-state index in [1.54, 1.807) is 12.1 Å². The van der Waals surface area contributed by atoms with Crippen molar-refractivity contribution in [2.75, 3.05) is 19.6 Å². The van der Waals surface area contributed by atoms with Gasteiger partial charge in [-0.3, -0.25) is 4.79 Å². The molecule has 1 aromatic carbocycles. The molecule has 0 radical (unpaired) electrons. The Bertz CT molecular complexity index is 489. The van der Waals surface area contributed by atoms with Crippen molar-refractivity contribution in [2.45, 2.75) is 33.6 Å². The smallest absolute Gasteiger partial charge is 0.227 e. The number of hydrogen-bond acceptors (Lipinski definition) is 2. The highest BCUT2D eigenvalue weighted by atomic mass is 35.5. The van der Waals surface area contributed by atoms with Gasteiger partial charge in [0.2, 0.25) is 5.91 Å². The molecule has 0 saturated carbocycles. The molecule has 0 atom stereocenters. The summed E-state index contributed by atoms with van der Waals surface area (Å²) >= 11 is 11.9. The average molecular weight is 331 g/mol. The van der Waals surface area contributed by atoms with Gasteiger partial charge in [-0.05, 0) is 36.1 Å². The Hall–Kier alpha value is -0.770. The Kier molecular flexibility index (Phi) is 6.98. The Labute approximate surface area is 137 Å². The average Bonchev–Trinajstić information content (AvgIpc) is 2.42. The summed E-state index contributed by atoms with van der Waals surface area (Å²) in [5, 5.41) is 0.980. The van der Waals surface area contributed by atoms with Crippen molar-refractivity contribution in [3.63, 3.8) is 0 Å². The van der Waals surface area contributed by atoms with E-state index in [4.69, 9.17) is 28.9 Å². The minimum Gasteiger partial charge on any atom is -0.342 e. The van der Waals surface area contributed by atoms with Crippen molar-refractivity contribution in [2.24, 2.45) is 11.1 Å².